The van der Waals surface area contributed by atoms with E-state index in [1.807, 2.05) is 31.2 Å². The quantitative estimate of drug-likeness (QED) is 0.789. The molecule has 2 atom stereocenters. The van der Waals surface area contributed by atoms with Crippen molar-refractivity contribution in [2.75, 3.05) is 9.91 Å². The second kappa shape index (κ2) is 5.42. The van der Waals surface area contributed by atoms with Gasteiger partial charge in [-0.2, -0.15) is 5.11 Å². The van der Waals surface area contributed by atoms with E-state index in [4.69, 9.17) is 11.6 Å². The summed E-state index contributed by atoms with van der Waals surface area (Å²) in [5.74, 6) is -0.729. The number of hydrogen-bond donors (Lipinski definition) is 0. The van der Waals surface area contributed by atoms with Crippen molar-refractivity contribution in [1.82, 2.24) is 0 Å². The largest absolute Gasteiger partial charge is 0.271 e. The molecule has 7 heteroatoms. The fraction of sp³-hybridized carbons (Fsp3) is 0.176. The number of anilines is 2. The molecule has 0 spiro atoms. The van der Waals surface area contributed by atoms with Gasteiger partial charge in [-0.15, -0.1) is 0 Å². The second-order valence-electron chi connectivity index (χ2n) is 5.72. The summed E-state index contributed by atoms with van der Waals surface area (Å²) in [5, 5.41) is 10.1. The molecule has 2 amide bonds. The van der Waals surface area contributed by atoms with Crippen molar-refractivity contribution < 1.29 is 9.59 Å². The first-order valence-electron chi connectivity index (χ1n) is 7.47. The Balaban J connectivity index is 1.74. The van der Waals surface area contributed by atoms with Gasteiger partial charge in [-0.05, 0) is 36.8 Å². The van der Waals surface area contributed by atoms with E-state index in [-0.39, 0.29) is 11.8 Å². The summed E-state index contributed by atoms with van der Waals surface area (Å²) < 4.78 is 0. The van der Waals surface area contributed by atoms with E-state index in [0.717, 1.165) is 16.2 Å². The molecule has 2 aliphatic rings. The first kappa shape index (κ1) is 14.8. The molecule has 1 fully saturated rings. The SMILES string of the molecule is Cc1ccccc1N1N=N[C@H]2C(=O)N(c3cccc(Cl)c3)C(=O)[C@@H]21. The van der Waals surface area contributed by atoms with E-state index in [9.17, 15) is 9.59 Å². The molecule has 6 nitrogen and oxygen atoms in total. The van der Waals surface area contributed by atoms with Crippen LogP contribution in [0.1, 0.15) is 5.56 Å². The average molecular weight is 341 g/mol. The molecule has 2 heterocycles. The first-order valence-corrected chi connectivity index (χ1v) is 7.85. The van der Waals surface area contributed by atoms with Crippen LogP contribution in [0.15, 0.2) is 58.9 Å². The Bertz CT molecular complexity index is 882. The lowest BCUT2D eigenvalue weighted by Crippen LogP contribution is -2.40. The standard InChI is InChI=1S/C17H13ClN4O2/c1-10-5-2-3-8-13(10)22-15-14(19-20-22)16(23)21(17(15)24)12-7-4-6-11(18)9-12/h2-9,14-15H,1H3/t14-,15-/m1/s1. The highest BCUT2D eigenvalue weighted by molar-refractivity contribution is 6.32. The van der Waals surface area contributed by atoms with Crippen LogP contribution < -0.4 is 9.91 Å². The van der Waals surface area contributed by atoms with Crippen molar-refractivity contribution in [2.45, 2.75) is 19.0 Å². The van der Waals surface area contributed by atoms with Crippen LogP contribution in [0.2, 0.25) is 5.02 Å². The summed E-state index contributed by atoms with van der Waals surface area (Å²) in [6, 6.07) is 12.6. The van der Waals surface area contributed by atoms with Gasteiger partial charge in [0.05, 0.1) is 11.4 Å². The maximum absolute atomic E-state index is 12.9. The van der Waals surface area contributed by atoms with Crippen molar-refractivity contribution in [3.8, 4) is 0 Å². The van der Waals surface area contributed by atoms with Crippen LogP contribution >= 0.6 is 11.6 Å². The van der Waals surface area contributed by atoms with Gasteiger partial charge in [-0.25, -0.2) is 9.91 Å². The lowest BCUT2D eigenvalue weighted by molar-refractivity contribution is -0.121. The van der Waals surface area contributed by atoms with Crippen LogP contribution in [0.4, 0.5) is 11.4 Å². The highest BCUT2D eigenvalue weighted by Gasteiger charge is 2.55. The number of halogens is 1. The lowest BCUT2D eigenvalue weighted by Gasteiger charge is -2.22. The first-order chi connectivity index (χ1) is 11.6. The van der Waals surface area contributed by atoms with Crippen molar-refractivity contribution >= 4 is 34.8 Å². The molecular formula is C17H13ClN4O2. The number of carbonyl (C=O) groups excluding carboxylic acids is 2. The molecule has 2 aliphatic heterocycles. The maximum atomic E-state index is 12.9. The lowest BCUT2D eigenvalue weighted by atomic mass is 10.1. The number of imide groups is 1. The highest BCUT2D eigenvalue weighted by atomic mass is 35.5. The molecule has 0 aromatic heterocycles. The fourth-order valence-corrected chi connectivity index (χ4v) is 3.23. The third kappa shape index (κ3) is 2.11. The van der Waals surface area contributed by atoms with Crippen molar-refractivity contribution in [1.29, 1.82) is 0 Å². The monoisotopic (exact) mass is 340 g/mol. The van der Waals surface area contributed by atoms with Crippen LogP contribution in [0.5, 0.6) is 0 Å². The van der Waals surface area contributed by atoms with Gasteiger partial charge >= 0.3 is 0 Å². The van der Waals surface area contributed by atoms with Crippen molar-refractivity contribution in [3.63, 3.8) is 0 Å². The van der Waals surface area contributed by atoms with E-state index >= 15 is 0 Å². The zero-order chi connectivity index (χ0) is 16.8. The molecule has 4 rings (SSSR count). The van der Waals surface area contributed by atoms with Gasteiger partial charge in [0.1, 0.15) is 0 Å². The van der Waals surface area contributed by atoms with Gasteiger partial charge in [0.25, 0.3) is 11.8 Å². The summed E-state index contributed by atoms with van der Waals surface area (Å²) in [6.45, 7) is 1.92. The second-order valence-corrected chi connectivity index (χ2v) is 6.15. The van der Waals surface area contributed by atoms with E-state index in [1.165, 1.54) is 5.01 Å². The molecule has 0 N–H and O–H groups in total. The zero-order valence-electron chi connectivity index (χ0n) is 12.8. The summed E-state index contributed by atoms with van der Waals surface area (Å²) in [4.78, 5) is 26.7. The van der Waals surface area contributed by atoms with Gasteiger partial charge in [0, 0.05) is 5.02 Å². The minimum Gasteiger partial charge on any atom is -0.271 e. The van der Waals surface area contributed by atoms with E-state index < -0.39 is 12.1 Å². The predicted octanol–water partition coefficient (Wildman–Crippen LogP) is 3.15. The Morgan fingerprint density at radius 2 is 1.83 bits per heavy atom. The Hall–Kier alpha value is -2.73. The number of nitrogens with zero attached hydrogens (tertiary/aromatic N) is 4. The molecule has 0 unspecified atom stereocenters. The van der Waals surface area contributed by atoms with Crippen LogP contribution in [-0.2, 0) is 9.59 Å². The van der Waals surface area contributed by atoms with Gasteiger partial charge < -0.3 is 0 Å². The molecule has 120 valence electrons. The number of rotatable bonds is 2. The Labute approximate surface area is 143 Å². The number of para-hydroxylation sites is 1. The molecule has 2 aromatic rings. The normalized spacial score (nSPS) is 22.4. The summed E-state index contributed by atoms with van der Waals surface area (Å²) in [7, 11) is 0. The van der Waals surface area contributed by atoms with Crippen LogP contribution in [0, 0.1) is 6.92 Å². The zero-order valence-corrected chi connectivity index (χ0v) is 13.5. The topological polar surface area (TPSA) is 65.3 Å². The number of aryl methyl sites for hydroxylation is 1. The number of hydrogen-bond acceptors (Lipinski definition) is 5. The van der Waals surface area contributed by atoms with E-state index in [0.29, 0.717) is 10.7 Å². The van der Waals surface area contributed by atoms with E-state index in [1.54, 1.807) is 24.3 Å². The van der Waals surface area contributed by atoms with Gasteiger partial charge in [-0.1, -0.05) is 41.1 Å². The smallest absolute Gasteiger partial charge is 0.263 e. The maximum Gasteiger partial charge on any atom is 0.263 e. The predicted molar refractivity (Wildman–Crippen MR) is 90.0 cm³/mol. The van der Waals surface area contributed by atoms with Crippen LogP contribution in [0.25, 0.3) is 0 Å². The van der Waals surface area contributed by atoms with Crippen molar-refractivity contribution in [2.24, 2.45) is 10.3 Å². The Morgan fingerprint density at radius 3 is 2.58 bits per heavy atom. The number of amides is 2. The van der Waals surface area contributed by atoms with Gasteiger partial charge in [0.15, 0.2) is 12.1 Å². The van der Waals surface area contributed by atoms with Crippen LogP contribution in [0.3, 0.4) is 0 Å². The number of fused-ring (bicyclic) bond motifs is 1. The molecule has 0 saturated carbocycles. The third-order valence-electron chi connectivity index (χ3n) is 4.21. The Kier molecular flexibility index (Phi) is 3.35. The third-order valence-corrected chi connectivity index (χ3v) is 4.45. The molecule has 0 aliphatic carbocycles. The van der Waals surface area contributed by atoms with E-state index in [2.05, 4.69) is 10.3 Å². The molecule has 0 radical (unpaired) electrons. The number of carbonyl (C=O) groups is 2. The number of benzene rings is 2. The summed E-state index contributed by atoms with van der Waals surface area (Å²) >= 11 is 5.98. The summed E-state index contributed by atoms with van der Waals surface area (Å²) in [5.41, 5.74) is 2.17. The molecule has 24 heavy (non-hydrogen) atoms. The molecular weight excluding hydrogens is 328 g/mol. The Morgan fingerprint density at radius 1 is 1.04 bits per heavy atom. The fourth-order valence-electron chi connectivity index (χ4n) is 3.05. The van der Waals surface area contributed by atoms with Crippen molar-refractivity contribution in [3.05, 3.63) is 59.1 Å². The van der Waals surface area contributed by atoms with Gasteiger partial charge in [-0.3, -0.25) is 9.59 Å². The molecule has 0 bridgehead atoms. The molecule has 2 aromatic carbocycles. The van der Waals surface area contributed by atoms with Crippen LogP contribution in [-0.4, -0.2) is 23.9 Å². The molecule has 1 saturated heterocycles. The van der Waals surface area contributed by atoms with Gasteiger partial charge in [0.2, 0.25) is 0 Å². The highest BCUT2D eigenvalue weighted by Crippen LogP contribution is 2.36. The minimum atomic E-state index is -0.823. The minimum absolute atomic E-state index is 0.347. The average Bonchev–Trinajstić information content (AvgIpc) is 3.09. The summed E-state index contributed by atoms with van der Waals surface area (Å²) in [6.07, 6.45) is 0.